The molecule has 2 aromatic carbocycles. The number of aliphatic hydroxyl groups is 1. The molecule has 0 heterocycles. The van der Waals surface area contributed by atoms with Crippen LogP contribution in [0.5, 0.6) is 17.2 Å². The highest BCUT2D eigenvalue weighted by Crippen LogP contribution is 2.40. The lowest BCUT2D eigenvalue weighted by Crippen LogP contribution is -1.93. The van der Waals surface area contributed by atoms with Gasteiger partial charge < -0.3 is 14.6 Å². The zero-order valence-electron chi connectivity index (χ0n) is 11.4. The molecule has 0 aromatic heterocycles. The van der Waals surface area contributed by atoms with Crippen LogP contribution < -0.4 is 9.47 Å². The minimum absolute atomic E-state index is 0.437. The van der Waals surface area contributed by atoms with Gasteiger partial charge in [-0.3, -0.25) is 0 Å². The summed E-state index contributed by atoms with van der Waals surface area (Å²) in [5.74, 6) is 1.82. The minimum atomic E-state index is -0.571. The number of methoxy groups -OCH3 is 1. The first kappa shape index (κ1) is 16.6. The monoisotopic (exact) mass is 434 g/mol. The van der Waals surface area contributed by atoms with E-state index in [2.05, 4.69) is 31.9 Å². The molecule has 0 saturated carbocycles. The summed E-state index contributed by atoms with van der Waals surface area (Å²) in [5, 5.41) is 9.98. The molecule has 6 heteroatoms. The quantitative estimate of drug-likeness (QED) is 0.666. The fourth-order valence-electron chi connectivity index (χ4n) is 1.72. The first-order chi connectivity index (χ1) is 9.92. The molecule has 3 nitrogen and oxygen atoms in total. The molecule has 0 amide bonds. The van der Waals surface area contributed by atoms with Gasteiger partial charge in [-0.1, -0.05) is 17.7 Å². The lowest BCUT2D eigenvalue weighted by Gasteiger charge is -2.13. The fourth-order valence-corrected chi connectivity index (χ4v) is 2.84. The third-order valence-electron chi connectivity index (χ3n) is 2.86. The van der Waals surface area contributed by atoms with Crippen LogP contribution >= 0.6 is 43.5 Å². The molecule has 0 aliphatic carbocycles. The summed E-state index contributed by atoms with van der Waals surface area (Å²) in [7, 11) is 1.60. The second-order valence-corrected chi connectivity index (χ2v) is 6.50. The van der Waals surface area contributed by atoms with E-state index in [1.807, 2.05) is 0 Å². The number of hydrogen-bond acceptors (Lipinski definition) is 3. The Morgan fingerprint density at radius 1 is 1.05 bits per heavy atom. The average Bonchev–Trinajstić information content (AvgIpc) is 2.44. The first-order valence-electron chi connectivity index (χ1n) is 6.10. The van der Waals surface area contributed by atoms with E-state index >= 15 is 0 Å². The van der Waals surface area contributed by atoms with Crippen molar-refractivity contribution in [1.82, 2.24) is 0 Å². The molecular weight excluding hydrogens is 423 g/mol. The van der Waals surface area contributed by atoms with Gasteiger partial charge in [-0.15, -0.1) is 0 Å². The molecule has 0 unspecified atom stereocenters. The van der Waals surface area contributed by atoms with Crippen molar-refractivity contribution in [2.24, 2.45) is 0 Å². The van der Waals surface area contributed by atoms with Gasteiger partial charge in [0.1, 0.15) is 17.2 Å². The van der Waals surface area contributed by atoms with Crippen molar-refractivity contribution in [3.05, 3.63) is 49.9 Å². The maximum Gasteiger partial charge on any atom is 0.146 e. The van der Waals surface area contributed by atoms with Crippen LogP contribution in [0, 0.1) is 0 Å². The van der Waals surface area contributed by atoms with E-state index in [4.69, 9.17) is 21.1 Å². The summed E-state index contributed by atoms with van der Waals surface area (Å²) in [5.41, 5.74) is 0.738. The molecule has 1 atom stereocenters. The molecule has 21 heavy (non-hydrogen) atoms. The number of aliphatic hydroxyl groups excluding tert-OH is 1. The Balaban J connectivity index is 2.32. The van der Waals surface area contributed by atoms with Gasteiger partial charge in [-0.05, 0) is 68.6 Å². The topological polar surface area (TPSA) is 38.7 Å². The lowest BCUT2D eigenvalue weighted by molar-refractivity contribution is 0.199. The Labute approximate surface area is 145 Å². The Kier molecular flexibility index (Phi) is 5.54. The molecule has 0 radical (unpaired) electrons. The summed E-state index contributed by atoms with van der Waals surface area (Å²) in [6.45, 7) is 1.68. The van der Waals surface area contributed by atoms with Crippen molar-refractivity contribution in [3.8, 4) is 17.2 Å². The van der Waals surface area contributed by atoms with Gasteiger partial charge in [0.2, 0.25) is 0 Å². The third-order valence-corrected chi connectivity index (χ3v) is 4.40. The van der Waals surface area contributed by atoms with Crippen LogP contribution in [0.3, 0.4) is 0 Å². The highest BCUT2D eigenvalue weighted by Gasteiger charge is 2.12. The van der Waals surface area contributed by atoms with Gasteiger partial charge in [0.05, 0.1) is 27.2 Å². The van der Waals surface area contributed by atoms with Crippen LogP contribution in [0.2, 0.25) is 5.02 Å². The number of halogens is 3. The molecule has 0 bridgehead atoms. The predicted molar refractivity (Wildman–Crippen MR) is 90.6 cm³/mol. The highest BCUT2D eigenvalue weighted by molar-refractivity contribution is 9.11. The van der Waals surface area contributed by atoms with Gasteiger partial charge in [-0.2, -0.15) is 0 Å². The van der Waals surface area contributed by atoms with E-state index in [9.17, 15) is 5.11 Å². The summed E-state index contributed by atoms with van der Waals surface area (Å²) in [4.78, 5) is 0. The third kappa shape index (κ3) is 3.92. The van der Waals surface area contributed by atoms with Crippen molar-refractivity contribution in [2.45, 2.75) is 13.0 Å². The van der Waals surface area contributed by atoms with Gasteiger partial charge in [-0.25, -0.2) is 0 Å². The number of hydrogen-bond donors (Lipinski definition) is 1. The van der Waals surface area contributed by atoms with Gasteiger partial charge in [0.15, 0.2) is 0 Å². The number of ether oxygens (including phenoxy) is 2. The Morgan fingerprint density at radius 2 is 1.67 bits per heavy atom. The summed E-state index contributed by atoms with van der Waals surface area (Å²) in [6, 6.07) is 8.79. The molecule has 2 rings (SSSR count). The molecule has 0 aliphatic rings. The van der Waals surface area contributed by atoms with Crippen molar-refractivity contribution in [3.63, 3.8) is 0 Å². The van der Waals surface area contributed by atoms with E-state index in [1.54, 1.807) is 44.4 Å². The zero-order valence-corrected chi connectivity index (χ0v) is 15.3. The molecule has 112 valence electrons. The second-order valence-electron chi connectivity index (χ2n) is 4.39. The molecule has 0 fully saturated rings. The molecule has 0 spiro atoms. The van der Waals surface area contributed by atoms with Crippen molar-refractivity contribution in [2.75, 3.05) is 7.11 Å². The fraction of sp³-hybridized carbons (Fsp3) is 0.200. The van der Waals surface area contributed by atoms with Gasteiger partial charge in [0.25, 0.3) is 0 Å². The maximum atomic E-state index is 9.54. The van der Waals surface area contributed by atoms with Crippen LogP contribution in [0.1, 0.15) is 18.6 Å². The smallest absolute Gasteiger partial charge is 0.146 e. The second kappa shape index (κ2) is 7.01. The SMILES string of the molecule is COc1cc(Br)c(Oc2ccc([C@@H](C)O)cc2Cl)cc1Br. The minimum Gasteiger partial charge on any atom is -0.496 e. The summed E-state index contributed by atoms with van der Waals surface area (Å²) >= 11 is 13.0. The lowest BCUT2D eigenvalue weighted by atomic mass is 10.1. The average molecular weight is 437 g/mol. The van der Waals surface area contributed by atoms with E-state index < -0.39 is 6.10 Å². The van der Waals surface area contributed by atoms with Crippen LogP contribution in [0.25, 0.3) is 0 Å². The first-order valence-corrected chi connectivity index (χ1v) is 8.07. The molecule has 2 aromatic rings. The number of rotatable bonds is 4. The van der Waals surface area contributed by atoms with Crippen LogP contribution in [-0.4, -0.2) is 12.2 Å². The Bertz CT molecular complexity index is 660. The molecular formula is C15H13Br2ClO3. The standard InChI is InChI=1S/C15H13Br2ClO3/c1-8(19)9-3-4-13(12(18)5-9)21-15-7-10(16)14(20-2)6-11(15)17/h3-8,19H,1-2H3/t8-/m1/s1. The largest absolute Gasteiger partial charge is 0.496 e. The molecule has 0 saturated heterocycles. The Morgan fingerprint density at radius 3 is 2.24 bits per heavy atom. The van der Waals surface area contributed by atoms with Crippen LogP contribution in [-0.2, 0) is 0 Å². The number of benzene rings is 2. The normalized spacial score (nSPS) is 12.1. The van der Waals surface area contributed by atoms with Crippen LogP contribution in [0.4, 0.5) is 0 Å². The highest BCUT2D eigenvalue weighted by atomic mass is 79.9. The maximum absolute atomic E-state index is 9.54. The van der Waals surface area contributed by atoms with E-state index in [1.165, 1.54) is 0 Å². The zero-order chi connectivity index (χ0) is 15.6. The van der Waals surface area contributed by atoms with E-state index in [0.717, 1.165) is 14.5 Å². The molecule has 0 aliphatic heterocycles. The van der Waals surface area contributed by atoms with Crippen molar-refractivity contribution < 1.29 is 14.6 Å². The van der Waals surface area contributed by atoms with E-state index in [-0.39, 0.29) is 0 Å². The Hall–Kier alpha value is -0.750. The van der Waals surface area contributed by atoms with E-state index in [0.29, 0.717) is 22.3 Å². The van der Waals surface area contributed by atoms with Gasteiger partial charge >= 0.3 is 0 Å². The van der Waals surface area contributed by atoms with Gasteiger partial charge in [0, 0.05) is 0 Å². The van der Waals surface area contributed by atoms with Crippen LogP contribution in [0.15, 0.2) is 39.3 Å². The van der Waals surface area contributed by atoms with Crippen molar-refractivity contribution >= 4 is 43.5 Å². The van der Waals surface area contributed by atoms with Crippen molar-refractivity contribution in [1.29, 1.82) is 0 Å². The summed E-state index contributed by atoms with van der Waals surface area (Å²) < 4.78 is 12.5. The summed E-state index contributed by atoms with van der Waals surface area (Å²) in [6.07, 6.45) is -0.571. The molecule has 1 N–H and O–H groups in total. The predicted octanol–water partition coefficient (Wildman–Crippen LogP) is 5.72.